The topological polar surface area (TPSA) is 94.8 Å². The van der Waals surface area contributed by atoms with E-state index in [2.05, 4.69) is 15.3 Å². The highest BCUT2D eigenvalue weighted by Gasteiger charge is 2.43. The van der Waals surface area contributed by atoms with Crippen LogP contribution in [0.3, 0.4) is 0 Å². The third-order valence-corrected chi connectivity index (χ3v) is 5.71. The van der Waals surface area contributed by atoms with Crippen LogP contribution in [-0.2, 0) is 0 Å². The molecule has 0 bridgehead atoms. The van der Waals surface area contributed by atoms with Gasteiger partial charge in [-0.05, 0) is 12.1 Å². The van der Waals surface area contributed by atoms with Crippen LogP contribution in [0.1, 0.15) is 33.0 Å². The van der Waals surface area contributed by atoms with Crippen molar-refractivity contribution in [3.63, 3.8) is 0 Å². The number of rotatable bonds is 1. The standard InChI is InChI=1S/C20H11Cl2N3O3/c21-10-6-3-7-11(22)12(10)13-14-16(8-4-1-2-5-9(8)17(14)26)23-18-15(13)19(27)25-20(28)24-18/h1-7,13H,(H3,23,24,25,27,28)/t13-/m0/s1. The van der Waals surface area contributed by atoms with Crippen LogP contribution in [-0.4, -0.2) is 15.8 Å². The molecule has 0 saturated carbocycles. The van der Waals surface area contributed by atoms with Crippen LogP contribution in [0.5, 0.6) is 0 Å². The Hall–Kier alpha value is -3.09. The molecule has 2 aliphatic rings. The molecule has 0 amide bonds. The normalized spacial score (nSPS) is 17.1. The van der Waals surface area contributed by atoms with Gasteiger partial charge in [-0.1, -0.05) is 53.5 Å². The Morgan fingerprint density at radius 3 is 2.18 bits per heavy atom. The Morgan fingerprint density at radius 2 is 1.46 bits per heavy atom. The summed E-state index contributed by atoms with van der Waals surface area (Å²) in [6, 6.07) is 12.1. The number of anilines is 1. The Bertz CT molecular complexity index is 1320. The number of nitrogens with one attached hydrogen (secondary N) is 3. The second-order valence-electron chi connectivity index (χ2n) is 6.55. The summed E-state index contributed by atoms with van der Waals surface area (Å²) in [5, 5.41) is 3.71. The van der Waals surface area contributed by atoms with Gasteiger partial charge in [-0.25, -0.2) is 4.79 Å². The molecule has 2 heterocycles. The number of halogens is 2. The zero-order chi connectivity index (χ0) is 19.6. The second-order valence-corrected chi connectivity index (χ2v) is 7.37. The number of benzene rings is 2. The summed E-state index contributed by atoms with van der Waals surface area (Å²) in [7, 11) is 0. The van der Waals surface area contributed by atoms with Gasteiger partial charge in [0.05, 0.1) is 17.2 Å². The van der Waals surface area contributed by atoms with Crippen LogP contribution in [0.25, 0.3) is 5.70 Å². The van der Waals surface area contributed by atoms with Crippen LogP contribution < -0.4 is 16.6 Å². The van der Waals surface area contributed by atoms with Crippen molar-refractivity contribution in [2.75, 3.05) is 5.32 Å². The summed E-state index contributed by atoms with van der Waals surface area (Å²) >= 11 is 12.9. The summed E-state index contributed by atoms with van der Waals surface area (Å²) in [4.78, 5) is 42.7. The van der Waals surface area contributed by atoms with Crippen LogP contribution in [0, 0.1) is 0 Å². The van der Waals surface area contributed by atoms with Crippen molar-refractivity contribution >= 4 is 40.5 Å². The summed E-state index contributed by atoms with van der Waals surface area (Å²) in [6.07, 6.45) is 0. The maximum Gasteiger partial charge on any atom is 0.327 e. The van der Waals surface area contributed by atoms with E-state index in [1.165, 1.54) is 0 Å². The minimum Gasteiger partial charge on any atom is -0.340 e. The highest BCUT2D eigenvalue weighted by Crippen LogP contribution is 2.50. The van der Waals surface area contributed by atoms with Crippen LogP contribution in [0.4, 0.5) is 5.82 Å². The lowest BCUT2D eigenvalue weighted by molar-refractivity contribution is 0.103. The highest BCUT2D eigenvalue weighted by molar-refractivity contribution is 6.36. The minimum absolute atomic E-state index is 0.189. The first-order valence-corrected chi connectivity index (χ1v) is 9.18. The fourth-order valence-electron chi connectivity index (χ4n) is 3.93. The number of ketones is 1. The lowest BCUT2D eigenvalue weighted by atomic mass is 9.81. The number of allylic oxidation sites excluding steroid dienone is 1. The van der Waals surface area contributed by atoms with E-state index in [0.717, 1.165) is 0 Å². The van der Waals surface area contributed by atoms with E-state index in [1.807, 2.05) is 12.1 Å². The molecule has 1 aliphatic carbocycles. The zero-order valence-corrected chi connectivity index (χ0v) is 15.6. The average molecular weight is 412 g/mol. The molecule has 2 aromatic carbocycles. The predicted molar refractivity (Wildman–Crippen MR) is 107 cm³/mol. The molecule has 0 spiro atoms. The van der Waals surface area contributed by atoms with Crippen molar-refractivity contribution < 1.29 is 4.79 Å². The molecule has 3 aromatic rings. The van der Waals surface area contributed by atoms with Gasteiger partial charge >= 0.3 is 5.69 Å². The number of carbonyl (C=O) groups is 1. The smallest absolute Gasteiger partial charge is 0.327 e. The number of Topliss-reactive ketones (excluding diaryl/α,β-unsaturated/α-hetero) is 1. The van der Waals surface area contributed by atoms with Crippen molar-refractivity contribution in [2.45, 2.75) is 5.92 Å². The number of aromatic amines is 2. The van der Waals surface area contributed by atoms with Gasteiger partial charge in [-0.15, -0.1) is 0 Å². The molecule has 28 heavy (non-hydrogen) atoms. The Kier molecular flexibility index (Phi) is 3.62. The minimum atomic E-state index is -0.826. The molecule has 1 aromatic heterocycles. The second kappa shape index (κ2) is 5.95. The van der Waals surface area contributed by atoms with Crippen LogP contribution >= 0.6 is 23.2 Å². The summed E-state index contributed by atoms with van der Waals surface area (Å²) in [5.74, 6) is -0.818. The molecule has 1 atom stereocenters. The number of fused-ring (bicyclic) bond motifs is 3. The van der Waals surface area contributed by atoms with Crippen LogP contribution in [0.15, 0.2) is 57.6 Å². The van der Waals surface area contributed by atoms with E-state index in [9.17, 15) is 14.4 Å². The van der Waals surface area contributed by atoms with Crippen molar-refractivity contribution in [1.29, 1.82) is 0 Å². The lowest BCUT2D eigenvalue weighted by Gasteiger charge is -2.28. The third-order valence-electron chi connectivity index (χ3n) is 5.05. The van der Waals surface area contributed by atoms with E-state index in [-0.39, 0.29) is 17.2 Å². The fourth-order valence-corrected chi connectivity index (χ4v) is 4.54. The van der Waals surface area contributed by atoms with Gasteiger partial charge in [0, 0.05) is 32.3 Å². The van der Waals surface area contributed by atoms with E-state index < -0.39 is 17.2 Å². The zero-order valence-electron chi connectivity index (χ0n) is 14.1. The van der Waals surface area contributed by atoms with E-state index in [0.29, 0.717) is 38.0 Å². The molecule has 8 heteroatoms. The monoisotopic (exact) mass is 411 g/mol. The van der Waals surface area contributed by atoms with Gasteiger partial charge in [-0.2, -0.15) is 0 Å². The van der Waals surface area contributed by atoms with Gasteiger partial charge in [0.2, 0.25) is 0 Å². The van der Waals surface area contributed by atoms with E-state index in [1.54, 1.807) is 30.3 Å². The van der Waals surface area contributed by atoms with Gasteiger partial charge in [0.1, 0.15) is 5.82 Å². The average Bonchev–Trinajstić information content (AvgIpc) is 2.93. The summed E-state index contributed by atoms with van der Waals surface area (Å²) in [5.41, 5.74) is 1.50. The number of carbonyl (C=O) groups excluding carboxylic acids is 1. The molecule has 138 valence electrons. The van der Waals surface area contributed by atoms with Gasteiger partial charge in [0.25, 0.3) is 5.56 Å². The maximum absolute atomic E-state index is 13.3. The van der Waals surface area contributed by atoms with Crippen molar-refractivity contribution in [1.82, 2.24) is 9.97 Å². The number of aromatic nitrogens is 2. The molecule has 0 fully saturated rings. The van der Waals surface area contributed by atoms with Gasteiger partial charge in [-0.3, -0.25) is 19.6 Å². The quantitative estimate of drug-likeness (QED) is 0.570. The maximum atomic E-state index is 13.3. The van der Waals surface area contributed by atoms with Crippen LogP contribution in [0.2, 0.25) is 10.0 Å². The molecular weight excluding hydrogens is 401 g/mol. The Morgan fingerprint density at radius 1 is 0.786 bits per heavy atom. The summed E-state index contributed by atoms with van der Waals surface area (Å²) in [6.45, 7) is 0. The molecule has 1 aliphatic heterocycles. The first kappa shape index (κ1) is 17.0. The molecule has 0 unspecified atom stereocenters. The van der Waals surface area contributed by atoms with Crippen molar-refractivity contribution in [3.05, 3.63) is 101 Å². The first-order valence-electron chi connectivity index (χ1n) is 8.43. The SMILES string of the molecule is O=C1C2=C(Nc3[nH]c(=O)[nH]c(=O)c3[C@H]2c2c(Cl)cccc2Cl)c2ccccc21. The molecule has 0 radical (unpaired) electrons. The number of hydrogen-bond acceptors (Lipinski definition) is 4. The van der Waals surface area contributed by atoms with E-state index >= 15 is 0 Å². The molecule has 3 N–H and O–H groups in total. The molecule has 0 saturated heterocycles. The number of hydrogen-bond donors (Lipinski definition) is 3. The molecule has 5 rings (SSSR count). The number of H-pyrrole nitrogens is 2. The molecule has 6 nitrogen and oxygen atoms in total. The fraction of sp³-hybridized carbons (Fsp3) is 0.0500. The van der Waals surface area contributed by atoms with Crippen molar-refractivity contribution in [2.24, 2.45) is 0 Å². The van der Waals surface area contributed by atoms with Crippen molar-refractivity contribution in [3.8, 4) is 0 Å². The molecular formula is C20H11Cl2N3O3. The predicted octanol–water partition coefficient (Wildman–Crippen LogP) is 3.54. The lowest BCUT2D eigenvalue weighted by Crippen LogP contribution is -2.33. The Balaban J connectivity index is 1.90. The van der Waals surface area contributed by atoms with E-state index in [4.69, 9.17) is 23.2 Å². The van der Waals surface area contributed by atoms with Gasteiger partial charge < -0.3 is 5.32 Å². The van der Waals surface area contributed by atoms with Gasteiger partial charge in [0.15, 0.2) is 5.78 Å². The Labute approximate surface area is 167 Å². The summed E-state index contributed by atoms with van der Waals surface area (Å²) < 4.78 is 0. The largest absolute Gasteiger partial charge is 0.340 e. The highest BCUT2D eigenvalue weighted by atomic mass is 35.5. The third kappa shape index (κ3) is 2.25. The first-order chi connectivity index (χ1) is 13.5.